The van der Waals surface area contributed by atoms with Gasteiger partial charge in [-0.15, -0.1) is 0 Å². The fourth-order valence-electron chi connectivity index (χ4n) is 1.98. The quantitative estimate of drug-likeness (QED) is 0.743. The Morgan fingerprint density at radius 3 is 2.40 bits per heavy atom. The molecule has 0 fully saturated rings. The first-order valence-electron chi connectivity index (χ1n) is 7.60. The number of hydrogen-bond donors (Lipinski definition) is 1. The molecule has 5 nitrogen and oxygen atoms in total. The molecule has 1 amide bonds. The van der Waals surface area contributed by atoms with Gasteiger partial charge < -0.3 is 14.8 Å². The zero-order valence-corrected chi connectivity index (χ0v) is 15.2. The van der Waals surface area contributed by atoms with Crippen LogP contribution in [-0.4, -0.2) is 24.6 Å². The number of nitrogens with one attached hydrogen (secondary N) is 1. The van der Waals surface area contributed by atoms with Crippen LogP contribution in [-0.2, 0) is 9.53 Å². The summed E-state index contributed by atoms with van der Waals surface area (Å²) in [6.07, 6.45) is -0.732. The largest absolute Gasteiger partial charge is 0.481 e. The van der Waals surface area contributed by atoms with Crippen molar-refractivity contribution in [3.63, 3.8) is 0 Å². The molecule has 0 radical (unpaired) electrons. The number of esters is 1. The molecule has 132 valence electrons. The number of carbonyl (C=O) groups is 2. The summed E-state index contributed by atoms with van der Waals surface area (Å²) in [5.41, 5.74) is 0.696. The number of hydrogen-bond acceptors (Lipinski definition) is 4. The highest BCUT2D eigenvalue weighted by Crippen LogP contribution is 2.22. The van der Waals surface area contributed by atoms with E-state index in [1.807, 2.05) is 0 Å². The van der Waals surface area contributed by atoms with Gasteiger partial charge in [-0.2, -0.15) is 0 Å². The Hall–Kier alpha value is -2.24. The monoisotopic (exact) mass is 381 g/mol. The Bertz CT molecular complexity index is 762. The Morgan fingerprint density at radius 1 is 1.12 bits per heavy atom. The summed E-state index contributed by atoms with van der Waals surface area (Å²) in [6, 6.07) is 11.3. The molecule has 0 aliphatic rings. The van der Waals surface area contributed by atoms with Crippen molar-refractivity contribution in [2.24, 2.45) is 0 Å². The minimum Gasteiger partial charge on any atom is -0.481 e. The summed E-state index contributed by atoms with van der Waals surface area (Å²) in [5, 5.41) is 3.47. The maximum absolute atomic E-state index is 12.2. The molecule has 25 heavy (non-hydrogen) atoms. The van der Waals surface area contributed by atoms with Crippen LogP contribution in [0.2, 0.25) is 10.0 Å². The second-order valence-corrected chi connectivity index (χ2v) is 5.96. The predicted molar refractivity (Wildman–Crippen MR) is 97.6 cm³/mol. The summed E-state index contributed by atoms with van der Waals surface area (Å²) in [5.74, 6) is -0.331. The summed E-state index contributed by atoms with van der Waals surface area (Å²) in [4.78, 5) is 23.9. The third kappa shape index (κ3) is 5.37. The van der Waals surface area contributed by atoms with Crippen molar-refractivity contribution < 1.29 is 19.1 Å². The minimum absolute atomic E-state index is 0.197. The molecule has 2 rings (SSSR count). The van der Waals surface area contributed by atoms with Gasteiger partial charge in [-0.3, -0.25) is 4.79 Å². The third-order valence-corrected chi connectivity index (χ3v) is 3.79. The fourth-order valence-corrected chi connectivity index (χ4v) is 2.37. The van der Waals surface area contributed by atoms with Crippen LogP contribution in [0.15, 0.2) is 42.5 Å². The summed E-state index contributed by atoms with van der Waals surface area (Å²) < 4.78 is 10.5. The van der Waals surface area contributed by atoms with E-state index in [0.29, 0.717) is 16.5 Å². The molecule has 2 aromatic carbocycles. The average Bonchev–Trinajstić information content (AvgIpc) is 2.57. The number of carbonyl (C=O) groups excluding carboxylic acids is 2. The Balaban J connectivity index is 2.00. The summed E-state index contributed by atoms with van der Waals surface area (Å²) in [7, 11) is 0. The lowest BCUT2D eigenvalue weighted by molar-refractivity contribution is -0.122. The van der Waals surface area contributed by atoms with E-state index in [-0.39, 0.29) is 23.1 Å². The van der Waals surface area contributed by atoms with Gasteiger partial charge in [-0.25, -0.2) is 4.79 Å². The predicted octanol–water partition coefficient (Wildman–Crippen LogP) is 4.58. The number of benzene rings is 2. The molecule has 0 aliphatic heterocycles. The zero-order chi connectivity index (χ0) is 18.4. The molecule has 1 atom stereocenters. The zero-order valence-electron chi connectivity index (χ0n) is 13.7. The normalized spacial score (nSPS) is 11.5. The molecule has 0 bridgehead atoms. The van der Waals surface area contributed by atoms with Crippen molar-refractivity contribution >= 4 is 40.8 Å². The van der Waals surface area contributed by atoms with Gasteiger partial charge in [-0.1, -0.05) is 23.2 Å². The van der Waals surface area contributed by atoms with E-state index in [1.54, 1.807) is 44.2 Å². The van der Waals surface area contributed by atoms with Gasteiger partial charge >= 0.3 is 5.97 Å². The van der Waals surface area contributed by atoms with Crippen LogP contribution >= 0.6 is 23.2 Å². The van der Waals surface area contributed by atoms with E-state index < -0.39 is 12.1 Å². The Labute approximate surface area is 155 Å². The van der Waals surface area contributed by atoms with Gasteiger partial charge in [0.25, 0.3) is 5.91 Å². The van der Waals surface area contributed by atoms with Gasteiger partial charge in [0.15, 0.2) is 6.10 Å². The lowest BCUT2D eigenvalue weighted by atomic mass is 10.2. The molecule has 0 saturated heterocycles. The lowest BCUT2D eigenvalue weighted by Gasteiger charge is -2.15. The van der Waals surface area contributed by atoms with E-state index >= 15 is 0 Å². The number of amides is 1. The van der Waals surface area contributed by atoms with Crippen LogP contribution < -0.4 is 10.1 Å². The second-order valence-electron chi connectivity index (χ2n) is 5.12. The van der Waals surface area contributed by atoms with Crippen molar-refractivity contribution in [3.05, 3.63) is 58.1 Å². The molecule has 0 saturated carbocycles. The first-order chi connectivity index (χ1) is 11.9. The van der Waals surface area contributed by atoms with Gasteiger partial charge in [0.05, 0.1) is 17.2 Å². The highest BCUT2D eigenvalue weighted by molar-refractivity contribution is 6.34. The first-order valence-corrected chi connectivity index (χ1v) is 8.36. The average molecular weight is 382 g/mol. The standard InChI is InChI=1S/C18H17Cl2NO4/c1-3-24-18(23)15-9-6-13(10-16(15)20)21-17(22)11(2)25-14-7-4-12(19)5-8-14/h4-11H,3H2,1-2H3,(H,21,22)/t11-/m1/s1. The third-order valence-electron chi connectivity index (χ3n) is 3.23. The van der Waals surface area contributed by atoms with E-state index in [1.165, 1.54) is 12.1 Å². The van der Waals surface area contributed by atoms with Gasteiger partial charge in [0.2, 0.25) is 0 Å². The molecule has 0 spiro atoms. The van der Waals surface area contributed by atoms with Gasteiger partial charge in [-0.05, 0) is 56.3 Å². The number of ether oxygens (including phenoxy) is 2. The van der Waals surface area contributed by atoms with Crippen molar-refractivity contribution in [1.29, 1.82) is 0 Å². The topological polar surface area (TPSA) is 64.6 Å². The van der Waals surface area contributed by atoms with E-state index in [0.717, 1.165) is 0 Å². The van der Waals surface area contributed by atoms with E-state index in [2.05, 4.69) is 5.32 Å². The molecule has 1 N–H and O–H groups in total. The minimum atomic E-state index is -0.732. The molecule has 7 heteroatoms. The maximum Gasteiger partial charge on any atom is 0.339 e. The van der Waals surface area contributed by atoms with Crippen molar-refractivity contribution in [3.8, 4) is 5.75 Å². The summed E-state index contributed by atoms with van der Waals surface area (Å²) in [6.45, 7) is 3.59. The first kappa shape index (κ1) is 19.1. The van der Waals surface area contributed by atoms with Gasteiger partial charge in [0.1, 0.15) is 5.75 Å². The van der Waals surface area contributed by atoms with Crippen LogP contribution in [0.4, 0.5) is 5.69 Å². The molecule has 0 heterocycles. The molecule has 0 aliphatic carbocycles. The molecular weight excluding hydrogens is 365 g/mol. The maximum atomic E-state index is 12.2. The van der Waals surface area contributed by atoms with Crippen LogP contribution in [0.3, 0.4) is 0 Å². The lowest BCUT2D eigenvalue weighted by Crippen LogP contribution is -2.30. The second kappa shape index (κ2) is 8.74. The highest BCUT2D eigenvalue weighted by atomic mass is 35.5. The Kier molecular flexibility index (Phi) is 6.67. The van der Waals surface area contributed by atoms with Crippen molar-refractivity contribution in [2.75, 3.05) is 11.9 Å². The number of halogens is 2. The van der Waals surface area contributed by atoms with Crippen molar-refractivity contribution in [1.82, 2.24) is 0 Å². The SMILES string of the molecule is CCOC(=O)c1ccc(NC(=O)[C@@H](C)Oc2ccc(Cl)cc2)cc1Cl. The van der Waals surface area contributed by atoms with Gasteiger partial charge in [0, 0.05) is 10.7 Å². The van der Waals surface area contributed by atoms with Crippen LogP contribution in [0.25, 0.3) is 0 Å². The van der Waals surface area contributed by atoms with Crippen LogP contribution in [0.1, 0.15) is 24.2 Å². The van der Waals surface area contributed by atoms with E-state index in [4.69, 9.17) is 32.7 Å². The summed E-state index contributed by atoms with van der Waals surface area (Å²) >= 11 is 11.9. The molecular formula is C18H17Cl2NO4. The molecule has 0 unspecified atom stereocenters. The van der Waals surface area contributed by atoms with Crippen LogP contribution in [0, 0.1) is 0 Å². The van der Waals surface area contributed by atoms with Crippen molar-refractivity contribution in [2.45, 2.75) is 20.0 Å². The fraction of sp³-hybridized carbons (Fsp3) is 0.222. The molecule has 0 aromatic heterocycles. The van der Waals surface area contributed by atoms with E-state index in [9.17, 15) is 9.59 Å². The van der Waals surface area contributed by atoms with Crippen LogP contribution in [0.5, 0.6) is 5.75 Å². The number of anilines is 1. The highest BCUT2D eigenvalue weighted by Gasteiger charge is 2.17. The smallest absolute Gasteiger partial charge is 0.339 e. The Morgan fingerprint density at radius 2 is 1.80 bits per heavy atom. The molecule has 2 aromatic rings. The number of rotatable bonds is 6.